The van der Waals surface area contributed by atoms with Crippen molar-refractivity contribution in [3.63, 3.8) is 0 Å². The van der Waals surface area contributed by atoms with Gasteiger partial charge in [-0.15, -0.1) is 0 Å². The smallest absolute Gasteiger partial charge is 0.320 e. The number of fused-ring (bicyclic) bond motifs is 1. The Balaban J connectivity index is 0.00000226. The van der Waals surface area contributed by atoms with Crippen molar-refractivity contribution in [1.82, 2.24) is 20.0 Å². The number of methoxy groups -OCH3 is 1. The van der Waals surface area contributed by atoms with E-state index in [0.29, 0.717) is 80.9 Å². The molecule has 3 heterocycles. The maximum atomic E-state index is 13.2. The molecule has 1 aromatic carbocycles. The summed E-state index contributed by atoms with van der Waals surface area (Å²) in [6, 6.07) is 3.82. The van der Waals surface area contributed by atoms with Crippen molar-refractivity contribution in [3.8, 4) is 5.75 Å². The van der Waals surface area contributed by atoms with Crippen molar-refractivity contribution in [3.05, 3.63) is 64.9 Å². The number of benzene rings is 1. The molecule has 2 saturated heterocycles. The molecule has 0 aromatic heterocycles. The topological polar surface area (TPSA) is 122 Å². The van der Waals surface area contributed by atoms with Gasteiger partial charge in [0.15, 0.2) is 0 Å². The van der Waals surface area contributed by atoms with E-state index in [1.165, 1.54) is 7.11 Å². The number of carbonyl (C=O) groups excluding carboxylic acids is 2. The zero-order valence-electron chi connectivity index (χ0n) is 25.0. The Bertz CT molecular complexity index is 1230. The lowest BCUT2D eigenvalue weighted by Gasteiger charge is -2.35. The SMILES string of the molecule is C=C(/C=C\C=C(/C)C(=N)N1C(=N)CCC1C)NC(=O)c1cc2c(cc1OC)CCN(C(=O)N1CCOCC1)C2.CC. The van der Waals surface area contributed by atoms with E-state index in [1.807, 2.05) is 43.6 Å². The van der Waals surface area contributed by atoms with E-state index in [9.17, 15) is 9.59 Å². The molecule has 0 bridgehead atoms. The molecule has 0 aliphatic carbocycles. The molecule has 222 valence electrons. The van der Waals surface area contributed by atoms with Gasteiger partial charge in [-0.05, 0) is 61.6 Å². The van der Waals surface area contributed by atoms with Gasteiger partial charge in [0, 0.05) is 44.3 Å². The van der Waals surface area contributed by atoms with Gasteiger partial charge < -0.3 is 29.5 Å². The molecule has 1 atom stereocenters. The number of likely N-dealkylation sites (tertiary alicyclic amines) is 1. The molecule has 3 aliphatic heterocycles. The van der Waals surface area contributed by atoms with Gasteiger partial charge in [0.1, 0.15) is 17.4 Å². The first kappa shape index (κ1) is 31.6. The second-order valence-corrected chi connectivity index (χ2v) is 10.1. The highest BCUT2D eigenvalue weighted by molar-refractivity contribution is 6.07. The van der Waals surface area contributed by atoms with E-state index in [4.69, 9.17) is 20.3 Å². The van der Waals surface area contributed by atoms with Gasteiger partial charge in [0.2, 0.25) is 0 Å². The van der Waals surface area contributed by atoms with Crippen LogP contribution in [-0.2, 0) is 17.7 Å². The van der Waals surface area contributed by atoms with Gasteiger partial charge in [-0.2, -0.15) is 0 Å². The van der Waals surface area contributed by atoms with Crippen LogP contribution in [0.3, 0.4) is 0 Å². The average molecular weight is 565 g/mol. The van der Waals surface area contributed by atoms with Crippen LogP contribution < -0.4 is 10.1 Å². The summed E-state index contributed by atoms with van der Waals surface area (Å²) in [6.45, 7) is 15.1. The number of morpholine rings is 1. The number of nitrogens with one attached hydrogen (secondary N) is 3. The minimum absolute atomic E-state index is 0.00302. The minimum atomic E-state index is -0.353. The normalized spacial score (nSPS) is 19.0. The van der Waals surface area contributed by atoms with E-state index in [2.05, 4.69) is 11.9 Å². The van der Waals surface area contributed by atoms with Crippen LogP contribution in [0.5, 0.6) is 5.75 Å². The first-order valence-electron chi connectivity index (χ1n) is 14.3. The Labute approximate surface area is 243 Å². The number of allylic oxidation sites excluding steroid dienone is 3. The van der Waals surface area contributed by atoms with E-state index in [-0.39, 0.29) is 18.0 Å². The molecule has 2 fully saturated rings. The summed E-state index contributed by atoms with van der Waals surface area (Å²) in [5.74, 6) is 0.897. The van der Waals surface area contributed by atoms with E-state index >= 15 is 0 Å². The van der Waals surface area contributed by atoms with Crippen molar-refractivity contribution in [2.24, 2.45) is 0 Å². The van der Waals surface area contributed by atoms with Crippen LogP contribution in [0, 0.1) is 10.8 Å². The fourth-order valence-electron chi connectivity index (χ4n) is 5.10. The summed E-state index contributed by atoms with van der Waals surface area (Å²) >= 11 is 0. The second-order valence-electron chi connectivity index (χ2n) is 10.1. The largest absolute Gasteiger partial charge is 0.496 e. The van der Waals surface area contributed by atoms with Crippen LogP contribution in [0.15, 0.2) is 48.2 Å². The summed E-state index contributed by atoms with van der Waals surface area (Å²) in [7, 11) is 1.54. The number of carbonyl (C=O) groups is 2. The van der Waals surface area contributed by atoms with Gasteiger partial charge >= 0.3 is 6.03 Å². The Kier molecular flexibility index (Phi) is 11.3. The molecule has 3 amide bonds. The molecular weight excluding hydrogens is 520 g/mol. The van der Waals surface area contributed by atoms with E-state index in [1.54, 1.807) is 29.2 Å². The number of urea groups is 1. The van der Waals surface area contributed by atoms with Crippen LogP contribution in [0.2, 0.25) is 0 Å². The summed E-state index contributed by atoms with van der Waals surface area (Å²) in [6.07, 6.45) is 7.43. The molecule has 41 heavy (non-hydrogen) atoms. The molecular formula is C31H44N6O4. The minimum Gasteiger partial charge on any atom is -0.496 e. The first-order valence-corrected chi connectivity index (χ1v) is 14.3. The zero-order chi connectivity index (χ0) is 30.1. The fraction of sp³-hybridized carbons (Fsp3) is 0.484. The van der Waals surface area contributed by atoms with Crippen LogP contribution >= 0.6 is 0 Å². The maximum absolute atomic E-state index is 13.2. The second kappa shape index (κ2) is 14.6. The highest BCUT2D eigenvalue weighted by atomic mass is 16.5. The van der Waals surface area contributed by atoms with Crippen LogP contribution in [-0.4, -0.2) is 84.3 Å². The quantitative estimate of drug-likeness (QED) is 0.262. The lowest BCUT2D eigenvalue weighted by Crippen LogP contribution is -2.49. The first-order chi connectivity index (χ1) is 19.7. The third-order valence-corrected chi connectivity index (χ3v) is 7.39. The molecule has 4 rings (SSSR count). The number of amidine groups is 2. The van der Waals surface area contributed by atoms with Gasteiger partial charge in [-0.1, -0.05) is 32.6 Å². The van der Waals surface area contributed by atoms with Crippen molar-refractivity contribution in [2.45, 2.75) is 59.5 Å². The Morgan fingerprint density at radius 1 is 1.12 bits per heavy atom. The summed E-state index contributed by atoms with van der Waals surface area (Å²) in [5.41, 5.74) is 3.48. The Morgan fingerprint density at radius 2 is 1.83 bits per heavy atom. The maximum Gasteiger partial charge on any atom is 0.320 e. The number of rotatable bonds is 6. The highest BCUT2D eigenvalue weighted by Gasteiger charge is 2.29. The lowest BCUT2D eigenvalue weighted by molar-refractivity contribution is 0.0421. The fourth-order valence-corrected chi connectivity index (χ4v) is 5.10. The predicted molar refractivity (Wildman–Crippen MR) is 162 cm³/mol. The van der Waals surface area contributed by atoms with Crippen LogP contribution in [0.1, 0.15) is 62.0 Å². The molecule has 10 heteroatoms. The molecule has 1 aromatic rings. The number of amides is 3. The average Bonchev–Trinajstić information content (AvgIpc) is 3.33. The third-order valence-electron chi connectivity index (χ3n) is 7.39. The molecule has 0 radical (unpaired) electrons. The van der Waals surface area contributed by atoms with E-state index in [0.717, 1.165) is 23.1 Å². The third kappa shape index (κ3) is 7.64. The molecule has 3 N–H and O–H groups in total. The molecule has 0 spiro atoms. The van der Waals surface area contributed by atoms with Gasteiger partial charge in [0.05, 0.1) is 25.9 Å². The van der Waals surface area contributed by atoms with Crippen molar-refractivity contribution < 1.29 is 19.1 Å². The summed E-state index contributed by atoms with van der Waals surface area (Å²) in [5, 5.41) is 19.3. The number of nitrogens with zero attached hydrogens (tertiary/aromatic N) is 3. The summed E-state index contributed by atoms with van der Waals surface area (Å²) < 4.78 is 10.9. The lowest BCUT2D eigenvalue weighted by atomic mass is 9.96. The monoisotopic (exact) mass is 564 g/mol. The molecule has 3 aliphatic rings. The molecule has 10 nitrogen and oxygen atoms in total. The van der Waals surface area contributed by atoms with Gasteiger partial charge in [-0.3, -0.25) is 15.6 Å². The number of hydrogen-bond donors (Lipinski definition) is 3. The van der Waals surface area contributed by atoms with Crippen molar-refractivity contribution in [1.29, 1.82) is 10.8 Å². The standard InChI is InChI=1S/C29H38N6O4.C2H6/c1-19(27(31)35-21(3)8-9-26(35)30)6-5-7-20(2)32-28(36)24-16-23-18-34(11-10-22(23)17-25(24)38-4)29(37)33-12-14-39-15-13-33;1-2/h5-7,16-17,21,30-31H,2,8-15,18H2,1,3-4H3,(H,32,36);1-2H3/b7-5-,19-6+,30-26?,31-27?;. The number of hydrogen-bond acceptors (Lipinski definition) is 6. The molecule has 1 unspecified atom stereocenters. The summed E-state index contributed by atoms with van der Waals surface area (Å²) in [4.78, 5) is 31.5. The van der Waals surface area contributed by atoms with Crippen molar-refractivity contribution in [2.75, 3.05) is 40.0 Å². The van der Waals surface area contributed by atoms with E-state index < -0.39 is 0 Å². The number of ether oxygens (including phenoxy) is 2. The zero-order valence-corrected chi connectivity index (χ0v) is 25.0. The van der Waals surface area contributed by atoms with Crippen molar-refractivity contribution >= 4 is 23.6 Å². The Morgan fingerprint density at radius 3 is 2.46 bits per heavy atom. The Hall–Kier alpha value is -3.92. The van der Waals surface area contributed by atoms with Crippen LogP contribution in [0.25, 0.3) is 0 Å². The highest BCUT2D eigenvalue weighted by Crippen LogP contribution is 2.29. The molecule has 0 saturated carbocycles. The van der Waals surface area contributed by atoms with Crippen LogP contribution in [0.4, 0.5) is 4.79 Å². The predicted octanol–water partition coefficient (Wildman–Crippen LogP) is 4.72. The van der Waals surface area contributed by atoms with Gasteiger partial charge in [-0.25, -0.2) is 4.79 Å². The van der Waals surface area contributed by atoms with Gasteiger partial charge in [0.25, 0.3) is 5.91 Å².